The molecule has 0 saturated carbocycles. The Hall–Kier alpha value is -1.62. The van der Waals surface area contributed by atoms with Crippen LogP contribution in [0.25, 0.3) is 0 Å². The lowest BCUT2D eigenvalue weighted by atomic mass is 9.94. The van der Waals surface area contributed by atoms with Gasteiger partial charge in [0.05, 0.1) is 11.2 Å². The monoisotopic (exact) mass is 274 g/mol. The summed E-state index contributed by atoms with van der Waals surface area (Å²) in [5.41, 5.74) is 8.12. The van der Waals surface area contributed by atoms with Crippen LogP contribution in [0.5, 0.6) is 0 Å². The molecule has 0 radical (unpaired) electrons. The van der Waals surface area contributed by atoms with Gasteiger partial charge in [0.15, 0.2) is 0 Å². The number of fused-ring (bicyclic) bond motifs is 1. The second-order valence-electron chi connectivity index (χ2n) is 6.25. The molecule has 1 aromatic heterocycles. The molecule has 0 spiro atoms. The van der Waals surface area contributed by atoms with Crippen molar-refractivity contribution >= 4 is 11.7 Å². The van der Waals surface area contributed by atoms with Gasteiger partial charge in [-0.2, -0.15) is 0 Å². The molecular weight excluding hydrogens is 252 g/mol. The highest BCUT2D eigenvalue weighted by molar-refractivity contribution is 6.00. The van der Waals surface area contributed by atoms with E-state index in [1.165, 1.54) is 5.56 Å². The number of nitrogens with one attached hydrogen (secondary N) is 1. The first-order chi connectivity index (χ1) is 9.46. The molecule has 1 aliphatic carbocycles. The largest absolute Gasteiger partial charge is 0.388 e. The number of hydrogen-bond acceptors (Lipinski definition) is 4. The van der Waals surface area contributed by atoms with Crippen LogP contribution >= 0.6 is 0 Å². The van der Waals surface area contributed by atoms with E-state index in [9.17, 15) is 5.11 Å². The van der Waals surface area contributed by atoms with E-state index in [0.717, 1.165) is 50.2 Å². The molecule has 1 unspecified atom stereocenters. The van der Waals surface area contributed by atoms with Crippen molar-refractivity contribution in [3.05, 3.63) is 22.9 Å². The van der Waals surface area contributed by atoms with Gasteiger partial charge in [-0.05, 0) is 50.7 Å². The Kier molecular flexibility index (Phi) is 3.17. The molecule has 1 saturated heterocycles. The molecule has 1 aromatic rings. The van der Waals surface area contributed by atoms with Gasteiger partial charge in [-0.25, -0.2) is 4.98 Å². The van der Waals surface area contributed by atoms with Crippen molar-refractivity contribution in [1.29, 1.82) is 5.41 Å². The number of anilines is 1. The van der Waals surface area contributed by atoms with Crippen molar-refractivity contribution in [2.24, 2.45) is 5.73 Å². The number of rotatable bonds is 2. The van der Waals surface area contributed by atoms with E-state index in [0.29, 0.717) is 12.1 Å². The fraction of sp³-hybridized carbons (Fsp3) is 0.600. The Morgan fingerprint density at radius 1 is 1.45 bits per heavy atom. The molecule has 5 heteroatoms. The van der Waals surface area contributed by atoms with E-state index >= 15 is 0 Å². The molecule has 5 nitrogen and oxygen atoms in total. The molecule has 2 aliphatic rings. The third-order valence-corrected chi connectivity index (χ3v) is 4.30. The molecule has 108 valence electrons. The third-order valence-electron chi connectivity index (χ3n) is 4.30. The maximum Gasteiger partial charge on any atom is 0.139 e. The van der Waals surface area contributed by atoms with Gasteiger partial charge in [0.1, 0.15) is 11.7 Å². The van der Waals surface area contributed by atoms with Crippen LogP contribution < -0.4 is 10.6 Å². The molecule has 1 atom stereocenters. The molecular formula is C15H22N4O. The molecule has 0 aromatic carbocycles. The predicted molar refractivity (Wildman–Crippen MR) is 79.3 cm³/mol. The summed E-state index contributed by atoms with van der Waals surface area (Å²) in [6.45, 7) is 3.28. The van der Waals surface area contributed by atoms with Gasteiger partial charge >= 0.3 is 0 Å². The lowest BCUT2D eigenvalue weighted by Gasteiger charge is -2.38. The summed E-state index contributed by atoms with van der Waals surface area (Å²) in [6, 6.07) is 2.02. The number of piperidine rings is 1. The van der Waals surface area contributed by atoms with Gasteiger partial charge in [-0.1, -0.05) is 0 Å². The number of β-amino-alcohol motifs (C(OH)–C–C–N with tert-alkyl or cyclic N) is 1. The molecule has 2 heterocycles. The maximum atomic E-state index is 10.3. The number of aliphatic hydroxyl groups is 1. The average Bonchev–Trinajstić information content (AvgIpc) is 2.83. The number of hydrogen-bond donors (Lipinski definition) is 3. The lowest BCUT2D eigenvalue weighted by Crippen LogP contribution is -2.47. The number of aryl methyl sites for hydroxylation is 2. The van der Waals surface area contributed by atoms with Gasteiger partial charge in [0.25, 0.3) is 0 Å². The Labute approximate surface area is 119 Å². The zero-order chi connectivity index (χ0) is 14.3. The molecule has 4 N–H and O–H groups in total. The van der Waals surface area contributed by atoms with Gasteiger partial charge < -0.3 is 15.7 Å². The first kappa shape index (κ1) is 13.4. The molecule has 3 rings (SSSR count). The second-order valence-corrected chi connectivity index (χ2v) is 6.25. The average molecular weight is 274 g/mol. The van der Waals surface area contributed by atoms with Crippen LogP contribution in [0.2, 0.25) is 0 Å². The van der Waals surface area contributed by atoms with E-state index in [4.69, 9.17) is 16.1 Å². The predicted octanol–water partition coefficient (Wildman–Crippen LogP) is 1.21. The minimum atomic E-state index is -0.687. The van der Waals surface area contributed by atoms with Crippen LogP contribution in [-0.4, -0.2) is 34.6 Å². The van der Waals surface area contributed by atoms with Gasteiger partial charge in [0, 0.05) is 18.8 Å². The summed E-state index contributed by atoms with van der Waals surface area (Å²) in [7, 11) is 0. The first-order valence-electron chi connectivity index (χ1n) is 7.31. The Morgan fingerprint density at radius 2 is 2.25 bits per heavy atom. The van der Waals surface area contributed by atoms with Gasteiger partial charge in [-0.15, -0.1) is 0 Å². The van der Waals surface area contributed by atoms with Crippen molar-refractivity contribution in [2.45, 2.75) is 44.6 Å². The van der Waals surface area contributed by atoms with Crippen LogP contribution in [0.1, 0.15) is 43.0 Å². The fourth-order valence-electron chi connectivity index (χ4n) is 3.30. The number of aromatic nitrogens is 1. The van der Waals surface area contributed by atoms with Crippen LogP contribution in [0.4, 0.5) is 5.82 Å². The zero-order valence-corrected chi connectivity index (χ0v) is 11.9. The SMILES string of the molecule is CC1(O)CCCN(c2nc3c(cc2C(=N)N)CCC3)C1. The highest BCUT2D eigenvalue weighted by atomic mass is 16.3. The van der Waals surface area contributed by atoms with Crippen LogP contribution in [0.15, 0.2) is 6.07 Å². The van der Waals surface area contributed by atoms with Crippen LogP contribution in [-0.2, 0) is 12.8 Å². The molecule has 0 amide bonds. The number of nitrogens with two attached hydrogens (primary N) is 1. The number of nitrogens with zero attached hydrogens (tertiary/aromatic N) is 2. The highest BCUT2D eigenvalue weighted by Gasteiger charge is 2.31. The maximum absolute atomic E-state index is 10.3. The summed E-state index contributed by atoms with van der Waals surface area (Å²) in [5.74, 6) is 0.838. The summed E-state index contributed by atoms with van der Waals surface area (Å²) in [6.07, 6.45) is 4.90. The fourth-order valence-corrected chi connectivity index (χ4v) is 3.30. The topological polar surface area (TPSA) is 86.2 Å². The summed E-state index contributed by atoms with van der Waals surface area (Å²) in [5, 5.41) is 18.1. The molecule has 20 heavy (non-hydrogen) atoms. The van der Waals surface area contributed by atoms with Crippen LogP contribution in [0, 0.1) is 5.41 Å². The lowest BCUT2D eigenvalue weighted by molar-refractivity contribution is 0.0447. The Balaban J connectivity index is 2.01. The first-order valence-corrected chi connectivity index (χ1v) is 7.31. The van der Waals surface area contributed by atoms with Crippen LogP contribution in [0.3, 0.4) is 0 Å². The summed E-state index contributed by atoms with van der Waals surface area (Å²) < 4.78 is 0. The van der Waals surface area contributed by atoms with E-state index in [1.807, 2.05) is 13.0 Å². The molecule has 0 bridgehead atoms. The standard InChI is InChI=1S/C15H22N4O/c1-15(20)6-3-7-19(9-15)14-11(13(16)17)8-10-4-2-5-12(10)18-14/h8,20H,2-7,9H2,1H3,(H3,16,17). The third kappa shape index (κ3) is 2.38. The van der Waals surface area contributed by atoms with Gasteiger partial charge in [0.2, 0.25) is 0 Å². The van der Waals surface area contributed by atoms with E-state index < -0.39 is 5.60 Å². The van der Waals surface area contributed by atoms with Crippen molar-refractivity contribution in [3.8, 4) is 0 Å². The Bertz CT molecular complexity index is 553. The second kappa shape index (κ2) is 4.74. The number of nitrogen functional groups attached to an aromatic ring is 1. The van der Waals surface area contributed by atoms with Crippen molar-refractivity contribution < 1.29 is 5.11 Å². The Morgan fingerprint density at radius 3 is 2.95 bits per heavy atom. The van der Waals surface area contributed by atoms with Crippen molar-refractivity contribution in [2.75, 3.05) is 18.0 Å². The highest BCUT2D eigenvalue weighted by Crippen LogP contribution is 2.30. The molecule has 1 fully saturated rings. The summed E-state index contributed by atoms with van der Waals surface area (Å²) in [4.78, 5) is 6.84. The molecule has 1 aliphatic heterocycles. The van der Waals surface area contributed by atoms with Gasteiger partial charge in [-0.3, -0.25) is 5.41 Å². The normalized spacial score (nSPS) is 25.6. The van der Waals surface area contributed by atoms with E-state index in [-0.39, 0.29) is 5.84 Å². The minimum Gasteiger partial charge on any atom is -0.388 e. The van der Waals surface area contributed by atoms with Crippen molar-refractivity contribution in [3.63, 3.8) is 0 Å². The minimum absolute atomic E-state index is 0.0624. The van der Waals surface area contributed by atoms with E-state index in [1.54, 1.807) is 0 Å². The number of amidine groups is 1. The smallest absolute Gasteiger partial charge is 0.139 e. The van der Waals surface area contributed by atoms with Crippen molar-refractivity contribution in [1.82, 2.24) is 4.98 Å². The quantitative estimate of drug-likeness (QED) is 0.559. The number of pyridine rings is 1. The zero-order valence-electron chi connectivity index (χ0n) is 11.9. The summed E-state index contributed by atoms with van der Waals surface area (Å²) >= 11 is 0. The van der Waals surface area contributed by atoms with E-state index in [2.05, 4.69) is 4.90 Å².